The molecule has 0 unspecified atom stereocenters. The molecule has 0 saturated heterocycles. The third kappa shape index (κ3) is 2.74. The second kappa shape index (κ2) is 4.28. The van der Waals surface area contributed by atoms with Crippen LogP contribution < -0.4 is 4.74 Å². The lowest BCUT2D eigenvalue weighted by molar-refractivity contribution is 0.240. The van der Waals surface area contributed by atoms with E-state index in [1.165, 1.54) is 0 Å². The van der Waals surface area contributed by atoms with Crippen LogP contribution in [0.15, 0.2) is 18.2 Å². The third-order valence-electron chi connectivity index (χ3n) is 1.78. The van der Waals surface area contributed by atoms with Gasteiger partial charge in [0.2, 0.25) is 0 Å². The highest BCUT2D eigenvalue weighted by molar-refractivity contribution is 5.36. The molecule has 1 aromatic rings. The molecule has 0 spiro atoms. The van der Waals surface area contributed by atoms with Crippen molar-refractivity contribution in [3.8, 4) is 5.75 Å². The average molecular weight is 180 g/mol. The maximum absolute atomic E-state index is 8.89. The molecule has 0 amide bonds. The number of hydrogen-bond acceptors (Lipinski definition) is 2. The van der Waals surface area contributed by atoms with E-state index in [-0.39, 0.29) is 12.7 Å². The summed E-state index contributed by atoms with van der Waals surface area (Å²) in [7, 11) is 0. The van der Waals surface area contributed by atoms with Gasteiger partial charge in [0, 0.05) is 0 Å². The molecular weight excluding hydrogens is 164 g/mol. The molecule has 72 valence electrons. The Morgan fingerprint density at radius 1 is 1.38 bits per heavy atom. The first kappa shape index (κ1) is 10.1. The molecule has 0 aliphatic rings. The van der Waals surface area contributed by atoms with E-state index in [0.29, 0.717) is 0 Å². The standard InChI is InChI=1S/C11H16O2/c1-8(2)13-11-5-4-10(7-12)6-9(11)3/h4-6,8,12H,7H2,1-3H3. The van der Waals surface area contributed by atoms with Gasteiger partial charge in [-0.2, -0.15) is 0 Å². The molecule has 0 saturated carbocycles. The summed E-state index contributed by atoms with van der Waals surface area (Å²) >= 11 is 0. The molecule has 0 aliphatic heterocycles. The van der Waals surface area contributed by atoms with Crippen molar-refractivity contribution in [2.24, 2.45) is 0 Å². The van der Waals surface area contributed by atoms with Gasteiger partial charge in [-0.3, -0.25) is 0 Å². The highest BCUT2D eigenvalue weighted by atomic mass is 16.5. The summed E-state index contributed by atoms with van der Waals surface area (Å²) in [5.41, 5.74) is 1.99. The minimum Gasteiger partial charge on any atom is -0.491 e. The number of ether oxygens (including phenoxy) is 1. The molecule has 0 heterocycles. The number of benzene rings is 1. The van der Waals surface area contributed by atoms with Crippen molar-refractivity contribution < 1.29 is 9.84 Å². The third-order valence-corrected chi connectivity index (χ3v) is 1.78. The summed E-state index contributed by atoms with van der Waals surface area (Å²) in [6.45, 7) is 6.07. The maximum atomic E-state index is 8.89. The maximum Gasteiger partial charge on any atom is 0.122 e. The first-order chi connectivity index (χ1) is 6.13. The Morgan fingerprint density at radius 3 is 2.54 bits per heavy atom. The van der Waals surface area contributed by atoms with Gasteiger partial charge in [0.05, 0.1) is 12.7 Å². The molecule has 0 fully saturated rings. The van der Waals surface area contributed by atoms with Crippen LogP contribution in [0.1, 0.15) is 25.0 Å². The van der Waals surface area contributed by atoms with Crippen LogP contribution >= 0.6 is 0 Å². The number of hydrogen-bond donors (Lipinski definition) is 1. The fourth-order valence-corrected chi connectivity index (χ4v) is 1.20. The van der Waals surface area contributed by atoms with Gasteiger partial charge in [-0.15, -0.1) is 0 Å². The summed E-state index contributed by atoms with van der Waals surface area (Å²) in [6.07, 6.45) is 0.193. The molecule has 1 rings (SSSR count). The number of rotatable bonds is 3. The zero-order valence-electron chi connectivity index (χ0n) is 8.37. The van der Waals surface area contributed by atoms with Gasteiger partial charge < -0.3 is 9.84 Å². The summed E-state index contributed by atoms with van der Waals surface area (Å²) < 4.78 is 5.56. The number of aryl methyl sites for hydroxylation is 1. The fourth-order valence-electron chi connectivity index (χ4n) is 1.20. The normalized spacial score (nSPS) is 10.5. The molecule has 0 radical (unpaired) electrons. The average Bonchev–Trinajstić information content (AvgIpc) is 2.08. The van der Waals surface area contributed by atoms with E-state index in [2.05, 4.69) is 0 Å². The minimum absolute atomic E-state index is 0.0861. The lowest BCUT2D eigenvalue weighted by Crippen LogP contribution is -2.06. The van der Waals surface area contributed by atoms with Crippen LogP contribution in [0.2, 0.25) is 0 Å². The van der Waals surface area contributed by atoms with Gasteiger partial charge in [-0.05, 0) is 38.0 Å². The summed E-state index contributed by atoms with van der Waals surface area (Å²) in [4.78, 5) is 0. The van der Waals surface area contributed by atoms with E-state index >= 15 is 0 Å². The lowest BCUT2D eigenvalue weighted by Gasteiger charge is -2.12. The highest BCUT2D eigenvalue weighted by Gasteiger charge is 2.02. The number of aliphatic hydroxyl groups excluding tert-OH is 1. The van der Waals surface area contributed by atoms with Crippen molar-refractivity contribution >= 4 is 0 Å². The largest absolute Gasteiger partial charge is 0.491 e. The Hall–Kier alpha value is -1.02. The zero-order chi connectivity index (χ0) is 9.84. The summed E-state index contributed by atoms with van der Waals surface area (Å²) in [5.74, 6) is 0.896. The molecule has 2 nitrogen and oxygen atoms in total. The van der Waals surface area contributed by atoms with Gasteiger partial charge in [0.15, 0.2) is 0 Å². The van der Waals surface area contributed by atoms with Crippen molar-refractivity contribution in [3.63, 3.8) is 0 Å². The molecule has 1 aromatic carbocycles. The van der Waals surface area contributed by atoms with Crippen LogP contribution in [0.4, 0.5) is 0 Å². The Bertz CT molecular complexity index is 279. The lowest BCUT2D eigenvalue weighted by atomic mass is 10.1. The predicted octanol–water partition coefficient (Wildman–Crippen LogP) is 2.27. The molecule has 0 aromatic heterocycles. The van der Waals surface area contributed by atoms with Crippen molar-refractivity contribution in [1.29, 1.82) is 0 Å². The van der Waals surface area contributed by atoms with Gasteiger partial charge >= 0.3 is 0 Å². The predicted molar refractivity (Wildman–Crippen MR) is 52.9 cm³/mol. The smallest absolute Gasteiger partial charge is 0.122 e. The molecule has 2 heteroatoms. The van der Waals surface area contributed by atoms with Gasteiger partial charge in [0.1, 0.15) is 5.75 Å². The molecular formula is C11H16O2. The van der Waals surface area contributed by atoms with Crippen LogP contribution in [0.5, 0.6) is 5.75 Å². The zero-order valence-corrected chi connectivity index (χ0v) is 8.37. The van der Waals surface area contributed by atoms with Crippen LogP contribution in [-0.4, -0.2) is 11.2 Å². The monoisotopic (exact) mass is 180 g/mol. The van der Waals surface area contributed by atoms with Crippen LogP contribution in [-0.2, 0) is 6.61 Å². The Labute approximate surface area is 79.2 Å². The Kier molecular flexibility index (Phi) is 3.32. The first-order valence-electron chi connectivity index (χ1n) is 4.50. The van der Waals surface area contributed by atoms with E-state index in [4.69, 9.17) is 9.84 Å². The highest BCUT2D eigenvalue weighted by Crippen LogP contribution is 2.20. The molecule has 0 aliphatic carbocycles. The fraction of sp³-hybridized carbons (Fsp3) is 0.455. The molecule has 0 atom stereocenters. The van der Waals surface area contributed by atoms with Crippen LogP contribution in [0, 0.1) is 6.92 Å². The topological polar surface area (TPSA) is 29.5 Å². The second-order valence-electron chi connectivity index (χ2n) is 3.42. The van der Waals surface area contributed by atoms with Crippen molar-refractivity contribution in [1.82, 2.24) is 0 Å². The van der Waals surface area contributed by atoms with E-state index in [9.17, 15) is 0 Å². The van der Waals surface area contributed by atoms with Gasteiger partial charge in [-0.25, -0.2) is 0 Å². The van der Waals surface area contributed by atoms with Crippen LogP contribution in [0.3, 0.4) is 0 Å². The van der Waals surface area contributed by atoms with E-state index in [0.717, 1.165) is 16.9 Å². The summed E-state index contributed by atoms with van der Waals surface area (Å²) in [5, 5.41) is 8.89. The van der Waals surface area contributed by atoms with Crippen molar-refractivity contribution in [3.05, 3.63) is 29.3 Å². The molecule has 13 heavy (non-hydrogen) atoms. The quantitative estimate of drug-likeness (QED) is 0.773. The number of aliphatic hydroxyl groups is 1. The Balaban J connectivity index is 2.85. The van der Waals surface area contributed by atoms with Gasteiger partial charge in [-0.1, -0.05) is 12.1 Å². The summed E-state index contributed by atoms with van der Waals surface area (Å²) in [6, 6.07) is 5.73. The van der Waals surface area contributed by atoms with E-state index in [1.54, 1.807) is 0 Å². The van der Waals surface area contributed by atoms with E-state index in [1.807, 2.05) is 39.0 Å². The SMILES string of the molecule is Cc1cc(CO)ccc1OC(C)C. The Morgan fingerprint density at radius 2 is 2.08 bits per heavy atom. The molecule has 0 bridgehead atoms. The molecule has 1 N–H and O–H groups in total. The van der Waals surface area contributed by atoms with Crippen molar-refractivity contribution in [2.45, 2.75) is 33.5 Å². The van der Waals surface area contributed by atoms with Crippen LogP contribution in [0.25, 0.3) is 0 Å². The van der Waals surface area contributed by atoms with Crippen molar-refractivity contribution in [2.75, 3.05) is 0 Å². The second-order valence-corrected chi connectivity index (χ2v) is 3.42. The first-order valence-corrected chi connectivity index (χ1v) is 4.50. The minimum atomic E-state index is 0.0861. The van der Waals surface area contributed by atoms with Gasteiger partial charge in [0.25, 0.3) is 0 Å². The van der Waals surface area contributed by atoms with E-state index < -0.39 is 0 Å².